The fraction of sp³-hybridized carbons (Fsp3) is 0.450. The number of nitrogens with zero attached hydrogens (tertiary/aromatic N) is 1. The minimum Gasteiger partial charge on any atom is -0.300 e. The van der Waals surface area contributed by atoms with Gasteiger partial charge in [0.1, 0.15) is 11.6 Å². The molecule has 1 aromatic carbocycles. The first-order chi connectivity index (χ1) is 11.0. The summed E-state index contributed by atoms with van der Waals surface area (Å²) in [5.74, 6) is 0.910. The monoisotopic (exact) mass is 311 g/mol. The summed E-state index contributed by atoms with van der Waals surface area (Å²) in [6, 6.07) is 10.1. The van der Waals surface area contributed by atoms with Gasteiger partial charge in [-0.1, -0.05) is 44.0 Å². The first-order valence-electron chi connectivity index (χ1n) is 8.39. The second kappa shape index (κ2) is 8.56. The third kappa shape index (κ3) is 5.93. The Labute approximate surface area is 138 Å². The van der Waals surface area contributed by atoms with E-state index in [1.165, 1.54) is 0 Å². The van der Waals surface area contributed by atoms with Crippen LogP contribution in [0.1, 0.15) is 51.6 Å². The highest BCUT2D eigenvalue weighted by atomic mass is 16.1. The summed E-state index contributed by atoms with van der Waals surface area (Å²) in [6.07, 6.45) is 6.41. The van der Waals surface area contributed by atoms with Crippen molar-refractivity contribution in [3.8, 4) is 0 Å². The Balaban J connectivity index is 1.74. The summed E-state index contributed by atoms with van der Waals surface area (Å²) >= 11 is 0. The van der Waals surface area contributed by atoms with Gasteiger partial charge in [-0.15, -0.1) is 0 Å². The molecule has 2 aromatic rings. The van der Waals surface area contributed by atoms with Gasteiger partial charge in [0.2, 0.25) is 0 Å². The molecular weight excluding hydrogens is 286 g/mol. The smallest absolute Gasteiger partial charge is 0.138 e. The molecular formula is C20H25NO2. The zero-order chi connectivity index (χ0) is 16.7. The van der Waals surface area contributed by atoms with Crippen LogP contribution in [0.5, 0.6) is 0 Å². The first-order valence-corrected chi connectivity index (χ1v) is 8.39. The van der Waals surface area contributed by atoms with Gasteiger partial charge in [0.05, 0.1) is 0 Å². The molecule has 0 N–H and O–H groups in total. The molecule has 0 amide bonds. The number of hydrogen-bond donors (Lipinski definition) is 0. The topological polar surface area (TPSA) is 47.0 Å². The Kier molecular flexibility index (Phi) is 6.45. The van der Waals surface area contributed by atoms with Crippen LogP contribution in [0, 0.1) is 5.92 Å². The van der Waals surface area contributed by atoms with Gasteiger partial charge >= 0.3 is 0 Å². The highest BCUT2D eigenvalue weighted by Gasteiger charge is 2.08. The number of aromatic nitrogens is 1. The molecule has 23 heavy (non-hydrogen) atoms. The highest BCUT2D eigenvalue weighted by Crippen LogP contribution is 2.16. The number of carbonyl (C=O) groups excluding carboxylic acids is 2. The van der Waals surface area contributed by atoms with E-state index in [1.54, 1.807) is 6.92 Å². The van der Waals surface area contributed by atoms with Gasteiger partial charge in [0.25, 0.3) is 0 Å². The van der Waals surface area contributed by atoms with E-state index >= 15 is 0 Å². The molecule has 2 rings (SSSR count). The van der Waals surface area contributed by atoms with Crippen molar-refractivity contribution in [3.63, 3.8) is 0 Å². The molecule has 0 aliphatic rings. The van der Waals surface area contributed by atoms with E-state index in [-0.39, 0.29) is 11.6 Å². The van der Waals surface area contributed by atoms with Crippen LogP contribution >= 0.6 is 0 Å². The number of hydrogen-bond acceptors (Lipinski definition) is 3. The number of unbranched alkanes of at least 4 members (excludes halogenated alkanes) is 1. The van der Waals surface area contributed by atoms with E-state index < -0.39 is 0 Å². The summed E-state index contributed by atoms with van der Waals surface area (Å²) in [5.41, 5.74) is 0.846. The number of Topliss-reactive ketones (excluding diaryl/α,β-unsaturated/α-hetero) is 2. The third-order valence-electron chi connectivity index (χ3n) is 4.10. The number of rotatable bonds is 9. The van der Waals surface area contributed by atoms with Crippen LogP contribution < -0.4 is 0 Å². The summed E-state index contributed by atoms with van der Waals surface area (Å²) in [7, 11) is 0. The van der Waals surface area contributed by atoms with Crippen molar-refractivity contribution < 1.29 is 9.59 Å². The minimum atomic E-state index is 0.243. The largest absolute Gasteiger partial charge is 0.300 e. The molecule has 0 aliphatic carbocycles. The minimum absolute atomic E-state index is 0.243. The molecule has 0 aliphatic heterocycles. The number of pyridine rings is 1. The van der Waals surface area contributed by atoms with Crippen molar-refractivity contribution in [2.75, 3.05) is 0 Å². The Morgan fingerprint density at radius 1 is 1.13 bits per heavy atom. The van der Waals surface area contributed by atoms with Crippen LogP contribution in [-0.4, -0.2) is 16.6 Å². The van der Waals surface area contributed by atoms with E-state index in [1.807, 2.05) is 36.5 Å². The van der Waals surface area contributed by atoms with Crippen molar-refractivity contribution in [3.05, 3.63) is 42.2 Å². The lowest BCUT2D eigenvalue weighted by molar-refractivity contribution is -0.119. The standard InChI is InChI=1S/C20H25NO2/c1-15(11-16(2)22)7-3-6-10-20(23)13-19-12-17-8-4-5-9-18(17)14-21-19/h4-5,8-9,12,14-15H,3,6-7,10-11,13H2,1-2H3/t15-/m0/s1. The highest BCUT2D eigenvalue weighted by molar-refractivity contribution is 5.84. The van der Waals surface area contributed by atoms with Gasteiger partial charge in [0.15, 0.2) is 0 Å². The zero-order valence-corrected chi connectivity index (χ0v) is 14.0. The summed E-state index contributed by atoms with van der Waals surface area (Å²) < 4.78 is 0. The van der Waals surface area contributed by atoms with Crippen LogP contribution in [0.2, 0.25) is 0 Å². The van der Waals surface area contributed by atoms with Crippen molar-refractivity contribution in [1.29, 1.82) is 0 Å². The van der Waals surface area contributed by atoms with Gasteiger partial charge in [-0.3, -0.25) is 9.78 Å². The molecule has 0 saturated carbocycles. The maximum absolute atomic E-state index is 12.1. The van der Waals surface area contributed by atoms with Gasteiger partial charge in [0, 0.05) is 36.5 Å². The molecule has 1 atom stereocenters. The molecule has 0 spiro atoms. The van der Waals surface area contributed by atoms with Gasteiger partial charge in [-0.05, 0) is 30.7 Å². The predicted octanol–water partition coefficient (Wildman–Crippen LogP) is 4.52. The maximum Gasteiger partial charge on any atom is 0.138 e. The molecule has 1 aromatic heterocycles. The molecule has 0 fully saturated rings. The SMILES string of the molecule is CC(=O)C[C@@H](C)CCCCC(=O)Cc1cc2ccccc2cn1. The lowest BCUT2D eigenvalue weighted by atomic mass is 9.97. The van der Waals surface area contributed by atoms with Crippen molar-refractivity contribution in [1.82, 2.24) is 4.98 Å². The van der Waals surface area contributed by atoms with Gasteiger partial charge < -0.3 is 4.79 Å². The molecule has 3 nitrogen and oxygen atoms in total. The maximum atomic E-state index is 12.1. The fourth-order valence-electron chi connectivity index (χ4n) is 2.92. The number of benzene rings is 1. The molecule has 0 bridgehead atoms. The summed E-state index contributed by atoms with van der Waals surface area (Å²) in [5, 5.41) is 2.23. The van der Waals surface area contributed by atoms with E-state index in [2.05, 4.69) is 11.9 Å². The van der Waals surface area contributed by atoms with E-state index in [4.69, 9.17) is 0 Å². The summed E-state index contributed by atoms with van der Waals surface area (Å²) in [6.45, 7) is 3.73. The Morgan fingerprint density at radius 2 is 1.87 bits per heavy atom. The van der Waals surface area contributed by atoms with Crippen molar-refractivity contribution >= 4 is 22.3 Å². The fourth-order valence-corrected chi connectivity index (χ4v) is 2.92. The van der Waals surface area contributed by atoms with Crippen molar-refractivity contribution in [2.45, 2.75) is 52.4 Å². The average Bonchev–Trinajstić information content (AvgIpc) is 2.51. The number of fused-ring (bicyclic) bond motifs is 1. The molecule has 0 saturated heterocycles. The van der Waals surface area contributed by atoms with Gasteiger partial charge in [-0.25, -0.2) is 0 Å². The van der Waals surface area contributed by atoms with Crippen LogP contribution in [0.15, 0.2) is 36.5 Å². The second-order valence-electron chi connectivity index (χ2n) is 6.50. The molecule has 0 radical (unpaired) electrons. The van der Waals surface area contributed by atoms with E-state index in [0.29, 0.717) is 25.2 Å². The first kappa shape index (κ1) is 17.3. The van der Waals surface area contributed by atoms with Crippen LogP contribution in [-0.2, 0) is 16.0 Å². The second-order valence-corrected chi connectivity index (χ2v) is 6.50. The Bertz CT molecular complexity index is 678. The summed E-state index contributed by atoms with van der Waals surface area (Å²) in [4.78, 5) is 27.5. The van der Waals surface area contributed by atoms with Gasteiger partial charge in [-0.2, -0.15) is 0 Å². The molecule has 1 heterocycles. The lowest BCUT2D eigenvalue weighted by Crippen LogP contribution is -2.05. The zero-order valence-electron chi connectivity index (χ0n) is 14.0. The number of ketones is 2. The third-order valence-corrected chi connectivity index (χ3v) is 4.10. The van der Waals surface area contributed by atoms with Crippen LogP contribution in [0.4, 0.5) is 0 Å². The molecule has 122 valence electrons. The van der Waals surface area contributed by atoms with E-state index in [0.717, 1.165) is 35.7 Å². The molecule has 3 heteroatoms. The van der Waals surface area contributed by atoms with Crippen LogP contribution in [0.3, 0.4) is 0 Å². The Hall–Kier alpha value is -2.03. The number of carbonyl (C=O) groups is 2. The quantitative estimate of drug-likeness (QED) is 0.640. The Morgan fingerprint density at radius 3 is 2.61 bits per heavy atom. The normalized spacial score (nSPS) is 12.3. The predicted molar refractivity (Wildman–Crippen MR) is 93.4 cm³/mol. The average molecular weight is 311 g/mol. The van der Waals surface area contributed by atoms with E-state index in [9.17, 15) is 9.59 Å². The van der Waals surface area contributed by atoms with Crippen molar-refractivity contribution in [2.24, 2.45) is 5.92 Å². The lowest BCUT2D eigenvalue weighted by Gasteiger charge is -2.08. The molecule has 0 unspecified atom stereocenters. The van der Waals surface area contributed by atoms with Crippen LogP contribution in [0.25, 0.3) is 10.8 Å².